The Kier molecular flexibility index (Phi) is 6.35. The average molecular weight is 419 g/mol. The van der Waals surface area contributed by atoms with E-state index >= 15 is 0 Å². The second-order valence-corrected chi connectivity index (χ2v) is 6.50. The normalized spacial score (nSPS) is 16.3. The summed E-state index contributed by atoms with van der Waals surface area (Å²) in [4.78, 5) is 13.8. The molecule has 21 heavy (non-hydrogen) atoms. The fraction of sp³-hybridized carbons (Fsp3) is 0.429. The van der Waals surface area contributed by atoms with Crippen LogP contribution in [-0.2, 0) is 9.53 Å². The van der Waals surface area contributed by atoms with Crippen molar-refractivity contribution in [1.82, 2.24) is 10.3 Å². The topological polar surface area (TPSA) is 53.9 Å². The maximum absolute atomic E-state index is 11.8. The lowest BCUT2D eigenvalue weighted by molar-refractivity contribution is -0.123. The molecule has 0 aromatic heterocycles. The molecule has 1 amide bonds. The van der Waals surface area contributed by atoms with E-state index in [2.05, 4.69) is 42.4 Å². The van der Waals surface area contributed by atoms with E-state index in [-0.39, 0.29) is 5.91 Å². The Labute approximate surface area is 141 Å². The second kappa shape index (κ2) is 8.03. The van der Waals surface area contributed by atoms with Gasteiger partial charge in [0.25, 0.3) is 5.91 Å². The second-order valence-electron chi connectivity index (χ2n) is 4.79. The Balaban J connectivity index is 1.85. The molecule has 1 aromatic carbocycles. The predicted octanol–water partition coefficient (Wildman–Crippen LogP) is 2.30. The Hall–Kier alpha value is -0.760. The van der Waals surface area contributed by atoms with Gasteiger partial charge in [-0.3, -0.25) is 9.69 Å². The van der Waals surface area contributed by atoms with Crippen molar-refractivity contribution in [3.8, 4) is 0 Å². The van der Waals surface area contributed by atoms with Gasteiger partial charge in [-0.05, 0) is 30.2 Å². The van der Waals surface area contributed by atoms with Crippen LogP contribution in [0.15, 0.2) is 26.2 Å². The first-order chi connectivity index (χ1) is 10.1. The molecule has 1 fully saturated rings. The van der Waals surface area contributed by atoms with Crippen molar-refractivity contribution in [3.05, 3.63) is 32.2 Å². The van der Waals surface area contributed by atoms with E-state index in [4.69, 9.17) is 4.74 Å². The summed E-state index contributed by atoms with van der Waals surface area (Å²) in [5, 5.41) is 3.99. The van der Waals surface area contributed by atoms with Crippen molar-refractivity contribution in [1.29, 1.82) is 0 Å². The summed E-state index contributed by atoms with van der Waals surface area (Å²) >= 11 is 6.97. The van der Waals surface area contributed by atoms with Crippen molar-refractivity contribution in [2.45, 2.75) is 6.92 Å². The summed E-state index contributed by atoms with van der Waals surface area (Å²) in [7, 11) is 0. The monoisotopic (exact) mass is 417 g/mol. The summed E-state index contributed by atoms with van der Waals surface area (Å²) < 4.78 is 7.24. The number of nitrogens with one attached hydrogen (secondary N) is 1. The fourth-order valence-electron chi connectivity index (χ4n) is 1.92. The van der Waals surface area contributed by atoms with Crippen LogP contribution in [0, 0.1) is 6.92 Å². The molecular weight excluding hydrogens is 402 g/mol. The minimum Gasteiger partial charge on any atom is -0.379 e. The molecule has 1 N–H and O–H groups in total. The highest BCUT2D eigenvalue weighted by atomic mass is 79.9. The third-order valence-corrected chi connectivity index (χ3v) is 4.82. The summed E-state index contributed by atoms with van der Waals surface area (Å²) in [5.74, 6) is -0.113. The lowest BCUT2D eigenvalue weighted by atomic mass is 10.2. The van der Waals surface area contributed by atoms with Crippen LogP contribution in [0.1, 0.15) is 11.1 Å². The van der Waals surface area contributed by atoms with Gasteiger partial charge in [0.15, 0.2) is 0 Å². The van der Waals surface area contributed by atoms with E-state index in [9.17, 15) is 4.79 Å². The van der Waals surface area contributed by atoms with Crippen LogP contribution in [0.25, 0.3) is 0 Å². The number of hydrazone groups is 1. The molecule has 5 nitrogen and oxygen atoms in total. The number of nitrogens with zero attached hydrogens (tertiary/aromatic N) is 2. The molecule has 1 aliphatic heterocycles. The molecule has 0 bridgehead atoms. The van der Waals surface area contributed by atoms with Crippen LogP contribution in [0.3, 0.4) is 0 Å². The van der Waals surface area contributed by atoms with Crippen LogP contribution < -0.4 is 5.43 Å². The molecule has 1 heterocycles. The lowest BCUT2D eigenvalue weighted by Gasteiger charge is -2.25. The van der Waals surface area contributed by atoms with Gasteiger partial charge in [0.1, 0.15) is 0 Å². The summed E-state index contributed by atoms with van der Waals surface area (Å²) in [5.41, 5.74) is 4.59. The van der Waals surface area contributed by atoms with E-state index in [0.717, 1.165) is 33.2 Å². The number of ether oxygens (including phenoxy) is 1. The number of halogens is 2. The molecule has 1 saturated heterocycles. The van der Waals surface area contributed by atoms with Gasteiger partial charge in [0.05, 0.1) is 26.0 Å². The quantitative estimate of drug-likeness (QED) is 0.602. The lowest BCUT2D eigenvalue weighted by Crippen LogP contribution is -2.42. The van der Waals surface area contributed by atoms with Crippen LogP contribution in [-0.4, -0.2) is 49.9 Å². The zero-order chi connectivity index (χ0) is 15.2. The highest BCUT2D eigenvalue weighted by Crippen LogP contribution is 2.25. The first kappa shape index (κ1) is 16.6. The largest absolute Gasteiger partial charge is 0.379 e. The Morgan fingerprint density at radius 1 is 1.38 bits per heavy atom. The van der Waals surface area contributed by atoms with E-state index in [0.29, 0.717) is 19.8 Å². The Morgan fingerprint density at radius 3 is 2.62 bits per heavy atom. The third-order valence-electron chi connectivity index (χ3n) is 3.18. The van der Waals surface area contributed by atoms with Crippen molar-refractivity contribution in [2.24, 2.45) is 5.10 Å². The number of benzene rings is 1. The maximum Gasteiger partial charge on any atom is 0.254 e. The highest BCUT2D eigenvalue weighted by molar-refractivity contribution is 9.11. The number of rotatable bonds is 4. The Morgan fingerprint density at radius 2 is 2.00 bits per heavy atom. The van der Waals surface area contributed by atoms with E-state index in [1.54, 1.807) is 6.21 Å². The molecular formula is C14H17Br2N3O2. The smallest absolute Gasteiger partial charge is 0.254 e. The van der Waals surface area contributed by atoms with Gasteiger partial charge < -0.3 is 4.74 Å². The van der Waals surface area contributed by atoms with E-state index in [1.165, 1.54) is 0 Å². The standard InChI is InChI=1S/C14H17Br2N3O2/c1-10-12(15)6-11(7-13(10)16)8-17-18-14(20)9-19-2-4-21-5-3-19/h6-8H,2-5,9H2,1H3,(H,18,20). The van der Waals surface area contributed by atoms with Crippen molar-refractivity contribution in [3.63, 3.8) is 0 Å². The number of amides is 1. The number of morpholine rings is 1. The SMILES string of the molecule is Cc1c(Br)cc(C=NNC(=O)CN2CCOCC2)cc1Br. The average Bonchev–Trinajstić information content (AvgIpc) is 2.45. The molecule has 0 spiro atoms. The van der Waals surface area contributed by atoms with E-state index < -0.39 is 0 Å². The van der Waals surface area contributed by atoms with Gasteiger partial charge in [-0.1, -0.05) is 31.9 Å². The first-order valence-corrected chi connectivity index (χ1v) is 8.22. The number of carbonyl (C=O) groups is 1. The number of hydrogen-bond acceptors (Lipinski definition) is 4. The van der Waals surface area contributed by atoms with Crippen LogP contribution in [0.4, 0.5) is 0 Å². The zero-order valence-electron chi connectivity index (χ0n) is 11.7. The zero-order valence-corrected chi connectivity index (χ0v) is 14.9. The highest BCUT2D eigenvalue weighted by Gasteiger charge is 2.13. The maximum atomic E-state index is 11.8. The molecule has 7 heteroatoms. The first-order valence-electron chi connectivity index (χ1n) is 6.64. The molecule has 2 rings (SSSR count). The van der Waals surface area contributed by atoms with Gasteiger partial charge in [-0.2, -0.15) is 5.10 Å². The van der Waals surface area contributed by atoms with Gasteiger partial charge in [-0.25, -0.2) is 5.43 Å². The summed E-state index contributed by atoms with van der Waals surface area (Å²) in [6.07, 6.45) is 1.63. The van der Waals surface area contributed by atoms with Crippen LogP contribution in [0.2, 0.25) is 0 Å². The molecule has 0 radical (unpaired) electrons. The fourth-order valence-corrected chi connectivity index (χ4v) is 3.14. The molecule has 0 atom stereocenters. The van der Waals surface area contributed by atoms with Gasteiger partial charge >= 0.3 is 0 Å². The van der Waals surface area contributed by atoms with Gasteiger partial charge in [-0.15, -0.1) is 0 Å². The molecule has 0 unspecified atom stereocenters. The molecule has 1 aromatic rings. The summed E-state index contributed by atoms with van der Waals surface area (Å²) in [6, 6.07) is 3.91. The third kappa shape index (κ3) is 5.18. The van der Waals surface area contributed by atoms with Crippen molar-refractivity contribution < 1.29 is 9.53 Å². The Bertz CT molecular complexity index is 520. The molecule has 1 aliphatic rings. The predicted molar refractivity (Wildman–Crippen MR) is 89.6 cm³/mol. The number of carbonyl (C=O) groups excluding carboxylic acids is 1. The minimum atomic E-state index is -0.113. The summed E-state index contributed by atoms with van der Waals surface area (Å²) in [6.45, 7) is 5.30. The minimum absolute atomic E-state index is 0.113. The van der Waals surface area contributed by atoms with Crippen LogP contribution in [0.5, 0.6) is 0 Å². The van der Waals surface area contributed by atoms with Gasteiger partial charge in [0, 0.05) is 22.0 Å². The van der Waals surface area contributed by atoms with Crippen molar-refractivity contribution >= 4 is 44.0 Å². The molecule has 0 saturated carbocycles. The number of hydrogen-bond donors (Lipinski definition) is 1. The molecule has 114 valence electrons. The van der Waals surface area contributed by atoms with Crippen molar-refractivity contribution in [2.75, 3.05) is 32.8 Å². The molecule has 0 aliphatic carbocycles. The van der Waals surface area contributed by atoms with Crippen LogP contribution >= 0.6 is 31.9 Å². The van der Waals surface area contributed by atoms with Gasteiger partial charge in [0.2, 0.25) is 0 Å². The van der Waals surface area contributed by atoms with E-state index in [1.807, 2.05) is 24.0 Å².